The fourth-order valence-corrected chi connectivity index (χ4v) is 3.34. The average molecular weight is 321 g/mol. The Morgan fingerprint density at radius 1 is 1.30 bits per heavy atom. The van der Waals surface area contributed by atoms with Crippen LogP contribution in [0.25, 0.3) is 0 Å². The third-order valence-corrected chi connectivity index (χ3v) is 4.46. The number of nitrogens with zero attached hydrogens (tertiary/aromatic N) is 3. The maximum atomic E-state index is 14.1. The van der Waals surface area contributed by atoms with Crippen LogP contribution in [-0.2, 0) is 13.0 Å². The fraction of sp³-hybridized carbons (Fsp3) is 0.471. The molecule has 0 aliphatic carbocycles. The van der Waals surface area contributed by atoms with Crippen molar-refractivity contribution in [3.8, 4) is 0 Å². The van der Waals surface area contributed by atoms with Crippen molar-refractivity contribution >= 4 is 0 Å². The Kier molecular flexibility index (Phi) is 4.73. The van der Waals surface area contributed by atoms with Gasteiger partial charge in [0.2, 0.25) is 0 Å². The largest absolute Gasteiger partial charge is 0.392 e. The molecule has 1 aromatic heterocycles. The van der Waals surface area contributed by atoms with Crippen LogP contribution in [-0.4, -0.2) is 39.0 Å². The quantitative estimate of drug-likeness (QED) is 0.920. The maximum Gasteiger partial charge on any atom is 0.128 e. The number of hydrogen-bond acceptors (Lipinski definition) is 3. The molecule has 1 aliphatic heterocycles. The second-order valence-corrected chi connectivity index (χ2v) is 5.95. The van der Waals surface area contributed by atoms with Crippen LogP contribution in [0.15, 0.2) is 30.5 Å². The number of hydrogen-bond donors (Lipinski definition) is 1. The van der Waals surface area contributed by atoms with E-state index < -0.39 is 17.7 Å². The molecule has 2 atom stereocenters. The third-order valence-electron chi connectivity index (χ3n) is 4.46. The van der Waals surface area contributed by atoms with E-state index >= 15 is 0 Å². The van der Waals surface area contributed by atoms with E-state index in [-0.39, 0.29) is 6.04 Å². The number of benzene rings is 1. The predicted octanol–water partition coefficient (Wildman–Crippen LogP) is 2.53. The number of aliphatic hydroxyl groups is 1. The topological polar surface area (TPSA) is 41.3 Å². The molecule has 2 aromatic rings. The number of aromatic nitrogens is 2. The second kappa shape index (κ2) is 6.76. The first-order chi connectivity index (χ1) is 11.1. The summed E-state index contributed by atoms with van der Waals surface area (Å²) in [6.45, 7) is 3.97. The molecule has 124 valence electrons. The van der Waals surface area contributed by atoms with Crippen molar-refractivity contribution in [3.05, 3.63) is 53.4 Å². The van der Waals surface area contributed by atoms with E-state index in [1.54, 1.807) is 6.20 Å². The zero-order chi connectivity index (χ0) is 16.4. The average Bonchev–Trinajstić information content (AvgIpc) is 3.13. The molecule has 0 radical (unpaired) electrons. The smallest absolute Gasteiger partial charge is 0.128 e. The van der Waals surface area contributed by atoms with Gasteiger partial charge < -0.3 is 5.11 Å². The summed E-state index contributed by atoms with van der Waals surface area (Å²) in [6.07, 6.45) is 2.43. The van der Waals surface area contributed by atoms with Crippen molar-refractivity contribution in [1.29, 1.82) is 0 Å². The van der Waals surface area contributed by atoms with Gasteiger partial charge in [-0.25, -0.2) is 8.78 Å². The first-order valence-electron chi connectivity index (χ1n) is 7.96. The predicted molar refractivity (Wildman–Crippen MR) is 82.9 cm³/mol. The molecule has 0 saturated carbocycles. The normalized spacial score (nSPS) is 21.9. The van der Waals surface area contributed by atoms with E-state index in [4.69, 9.17) is 0 Å². The molecule has 2 heterocycles. The molecular weight excluding hydrogens is 300 g/mol. The van der Waals surface area contributed by atoms with Crippen molar-refractivity contribution in [3.63, 3.8) is 0 Å². The fourth-order valence-electron chi connectivity index (χ4n) is 3.34. The number of rotatable bonds is 5. The zero-order valence-corrected chi connectivity index (χ0v) is 13.1. The molecule has 3 rings (SSSR count). The zero-order valence-electron chi connectivity index (χ0n) is 13.1. The van der Waals surface area contributed by atoms with E-state index in [1.165, 1.54) is 6.07 Å². The van der Waals surface area contributed by atoms with Crippen LogP contribution in [0.3, 0.4) is 0 Å². The molecule has 1 fully saturated rings. The molecular formula is C17H21F2N3O. The van der Waals surface area contributed by atoms with Crippen molar-refractivity contribution in [1.82, 2.24) is 14.7 Å². The summed E-state index contributed by atoms with van der Waals surface area (Å²) in [4.78, 5) is 2.02. The van der Waals surface area contributed by atoms with Gasteiger partial charge in [0.15, 0.2) is 0 Å². The molecule has 0 spiro atoms. The van der Waals surface area contributed by atoms with Gasteiger partial charge in [0.05, 0.1) is 6.10 Å². The van der Waals surface area contributed by atoms with Crippen LogP contribution in [0.4, 0.5) is 8.78 Å². The van der Waals surface area contributed by atoms with E-state index in [0.29, 0.717) is 25.1 Å². The highest BCUT2D eigenvalue weighted by molar-refractivity contribution is 5.24. The summed E-state index contributed by atoms with van der Waals surface area (Å²) in [7, 11) is 0. The van der Waals surface area contributed by atoms with Gasteiger partial charge in [-0.15, -0.1) is 0 Å². The minimum atomic E-state index is -0.515. The number of halogens is 2. The number of likely N-dealkylation sites (tertiary alicyclic amines) is 1. The summed E-state index contributed by atoms with van der Waals surface area (Å²) in [5, 5.41) is 14.2. The lowest BCUT2D eigenvalue weighted by Crippen LogP contribution is -2.28. The molecule has 0 bridgehead atoms. The second-order valence-electron chi connectivity index (χ2n) is 5.95. The number of β-amino-alcohol motifs (C(OH)–C–C–N with tert-alkyl or cyclic N) is 1. The number of aryl methyl sites for hydroxylation is 1. The van der Waals surface area contributed by atoms with Gasteiger partial charge >= 0.3 is 0 Å². The highest BCUT2D eigenvalue weighted by atomic mass is 19.1. The van der Waals surface area contributed by atoms with Crippen LogP contribution in [0.5, 0.6) is 0 Å². The van der Waals surface area contributed by atoms with Crippen molar-refractivity contribution in [2.45, 2.75) is 38.5 Å². The first-order valence-corrected chi connectivity index (χ1v) is 7.96. The Balaban J connectivity index is 1.76. The molecule has 1 N–H and O–H groups in total. The Labute approximate surface area is 134 Å². The monoisotopic (exact) mass is 321 g/mol. The molecule has 4 nitrogen and oxygen atoms in total. The van der Waals surface area contributed by atoms with E-state index in [2.05, 4.69) is 5.10 Å². The summed E-state index contributed by atoms with van der Waals surface area (Å²) in [5.41, 5.74) is 1.43. The molecule has 1 saturated heterocycles. The minimum absolute atomic E-state index is 0.293. The lowest BCUT2D eigenvalue weighted by molar-refractivity contribution is 0.175. The summed E-state index contributed by atoms with van der Waals surface area (Å²) < 4.78 is 29.5. The van der Waals surface area contributed by atoms with Gasteiger partial charge in [0, 0.05) is 49.6 Å². The van der Waals surface area contributed by atoms with Crippen LogP contribution in [0, 0.1) is 11.6 Å². The lowest BCUT2D eigenvalue weighted by Gasteiger charge is -2.25. The minimum Gasteiger partial charge on any atom is -0.392 e. The first kappa shape index (κ1) is 16.1. The highest BCUT2D eigenvalue weighted by Crippen LogP contribution is 2.34. The van der Waals surface area contributed by atoms with E-state index in [9.17, 15) is 13.9 Å². The molecule has 0 amide bonds. The van der Waals surface area contributed by atoms with Gasteiger partial charge in [0.25, 0.3) is 0 Å². The molecule has 23 heavy (non-hydrogen) atoms. The molecule has 6 heteroatoms. The van der Waals surface area contributed by atoms with Crippen LogP contribution in [0.2, 0.25) is 0 Å². The molecule has 1 aliphatic rings. The van der Waals surface area contributed by atoms with Gasteiger partial charge in [-0.05, 0) is 37.6 Å². The Morgan fingerprint density at radius 3 is 2.91 bits per heavy atom. The Bertz CT molecular complexity index is 674. The third kappa shape index (κ3) is 3.43. The van der Waals surface area contributed by atoms with Crippen molar-refractivity contribution < 1.29 is 13.9 Å². The van der Waals surface area contributed by atoms with Gasteiger partial charge in [-0.1, -0.05) is 0 Å². The molecule has 1 aromatic carbocycles. The standard InChI is InChI=1S/C17H21F2N3O/c1-2-22-13(5-7-20-22)6-8-21-11-14(23)10-17(21)15-9-12(18)3-4-16(15)19/h3-5,7,9,14,17,23H,2,6,8,10-11H2,1H3/t14-,17+/m0/s1. The van der Waals surface area contributed by atoms with E-state index in [1.807, 2.05) is 22.6 Å². The lowest BCUT2D eigenvalue weighted by atomic mass is 10.0. The summed E-state index contributed by atoms with van der Waals surface area (Å²) in [5.74, 6) is -0.874. The SMILES string of the molecule is CCn1nccc1CCN1C[C@@H](O)C[C@@H]1c1cc(F)ccc1F. The maximum absolute atomic E-state index is 14.1. The van der Waals surface area contributed by atoms with Crippen LogP contribution >= 0.6 is 0 Å². The highest BCUT2D eigenvalue weighted by Gasteiger charge is 2.33. The van der Waals surface area contributed by atoms with Crippen LogP contribution < -0.4 is 0 Å². The van der Waals surface area contributed by atoms with Crippen molar-refractivity contribution in [2.75, 3.05) is 13.1 Å². The Hall–Kier alpha value is -1.79. The Morgan fingerprint density at radius 2 is 2.13 bits per heavy atom. The van der Waals surface area contributed by atoms with E-state index in [0.717, 1.165) is 30.8 Å². The van der Waals surface area contributed by atoms with Crippen molar-refractivity contribution in [2.24, 2.45) is 0 Å². The number of aliphatic hydroxyl groups excluding tert-OH is 1. The molecule has 0 unspecified atom stereocenters. The summed E-state index contributed by atoms with van der Waals surface area (Å²) in [6, 6.07) is 5.18. The van der Waals surface area contributed by atoms with Gasteiger partial charge in [0.1, 0.15) is 11.6 Å². The van der Waals surface area contributed by atoms with Gasteiger partial charge in [-0.2, -0.15) is 5.10 Å². The van der Waals surface area contributed by atoms with Crippen LogP contribution in [0.1, 0.15) is 30.6 Å². The van der Waals surface area contributed by atoms with Gasteiger partial charge in [-0.3, -0.25) is 9.58 Å². The summed E-state index contributed by atoms with van der Waals surface area (Å²) >= 11 is 0.